The number of para-hydroxylation sites is 1. The molecule has 0 unspecified atom stereocenters. The number of aryl methyl sites for hydroxylation is 1. The van der Waals surface area contributed by atoms with Crippen LogP contribution in [0.5, 0.6) is 0 Å². The molecule has 0 fully saturated rings. The summed E-state index contributed by atoms with van der Waals surface area (Å²) in [6.07, 6.45) is 5.64. The summed E-state index contributed by atoms with van der Waals surface area (Å²) in [5, 5.41) is 1.19. The van der Waals surface area contributed by atoms with Crippen molar-refractivity contribution < 1.29 is 9.53 Å². The lowest BCUT2D eigenvalue weighted by molar-refractivity contribution is 0.160. The maximum Gasteiger partial charge on any atom is 0.419 e. The topological polar surface area (TPSA) is 31.2 Å². The van der Waals surface area contributed by atoms with Crippen molar-refractivity contribution in [2.24, 2.45) is 0 Å². The van der Waals surface area contributed by atoms with Crippen LogP contribution in [0.25, 0.3) is 10.9 Å². The largest absolute Gasteiger partial charge is 0.445 e. The molecule has 0 atom stereocenters. The Balaban J connectivity index is 2.16. The second kappa shape index (κ2) is 4.92. The molecule has 3 rings (SSSR count). The molecular formula is C16H17NO2. The lowest BCUT2D eigenvalue weighted by atomic mass is 9.96. The summed E-state index contributed by atoms with van der Waals surface area (Å²) in [7, 11) is 0. The van der Waals surface area contributed by atoms with E-state index in [-0.39, 0.29) is 12.7 Å². The summed E-state index contributed by atoms with van der Waals surface area (Å²) in [6, 6.07) is 8.07. The van der Waals surface area contributed by atoms with Crippen molar-refractivity contribution >= 4 is 17.0 Å². The van der Waals surface area contributed by atoms with Crippen LogP contribution in [-0.4, -0.2) is 17.3 Å². The van der Waals surface area contributed by atoms with E-state index in [0.717, 1.165) is 30.5 Å². The van der Waals surface area contributed by atoms with E-state index in [2.05, 4.69) is 12.6 Å². The van der Waals surface area contributed by atoms with Crippen LogP contribution in [-0.2, 0) is 17.6 Å². The average Bonchev–Trinajstić information content (AvgIpc) is 2.79. The number of fused-ring (bicyclic) bond motifs is 3. The fourth-order valence-electron chi connectivity index (χ4n) is 2.90. The summed E-state index contributed by atoms with van der Waals surface area (Å²) in [5.41, 5.74) is 3.40. The van der Waals surface area contributed by atoms with Gasteiger partial charge in [0.25, 0.3) is 0 Å². The van der Waals surface area contributed by atoms with Gasteiger partial charge in [-0.1, -0.05) is 30.9 Å². The highest BCUT2D eigenvalue weighted by Crippen LogP contribution is 2.32. The summed E-state index contributed by atoms with van der Waals surface area (Å²) in [4.78, 5) is 12.2. The van der Waals surface area contributed by atoms with Crippen LogP contribution < -0.4 is 0 Å². The first-order chi connectivity index (χ1) is 9.33. The van der Waals surface area contributed by atoms with E-state index >= 15 is 0 Å². The molecule has 0 saturated heterocycles. The van der Waals surface area contributed by atoms with Crippen molar-refractivity contribution in [2.45, 2.75) is 25.7 Å². The number of benzene rings is 1. The Morgan fingerprint density at radius 3 is 2.95 bits per heavy atom. The van der Waals surface area contributed by atoms with Crippen LogP contribution >= 0.6 is 0 Å². The van der Waals surface area contributed by atoms with Gasteiger partial charge in [0.05, 0.1) is 5.52 Å². The van der Waals surface area contributed by atoms with Crippen LogP contribution in [0.4, 0.5) is 4.79 Å². The molecule has 1 aliphatic rings. The maximum absolute atomic E-state index is 12.2. The minimum atomic E-state index is -0.292. The SMILES string of the molecule is C=CCOC(=O)n1c2c(c3ccccc31)CCCC2. The third-order valence-corrected chi connectivity index (χ3v) is 3.69. The standard InChI is InChI=1S/C16H17NO2/c1-2-11-19-16(18)17-14-9-5-3-7-12(14)13-8-4-6-10-15(13)17/h2-3,5,7,9H,1,4,6,8,10-11H2. The number of rotatable bonds is 2. The van der Waals surface area contributed by atoms with Crippen molar-refractivity contribution in [1.29, 1.82) is 0 Å². The average molecular weight is 255 g/mol. The molecule has 3 nitrogen and oxygen atoms in total. The minimum absolute atomic E-state index is 0.250. The second-order valence-corrected chi connectivity index (χ2v) is 4.85. The van der Waals surface area contributed by atoms with Crippen LogP contribution in [0, 0.1) is 0 Å². The molecule has 98 valence electrons. The third-order valence-electron chi connectivity index (χ3n) is 3.69. The lowest BCUT2D eigenvalue weighted by Gasteiger charge is -2.14. The molecule has 0 amide bonds. The zero-order valence-corrected chi connectivity index (χ0v) is 10.9. The lowest BCUT2D eigenvalue weighted by Crippen LogP contribution is -2.18. The smallest absolute Gasteiger partial charge is 0.419 e. The number of ether oxygens (including phenoxy) is 1. The zero-order valence-electron chi connectivity index (χ0n) is 10.9. The molecule has 0 bridgehead atoms. The van der Waals surface area contributed by atoms with Gasteiger partial charge in [0.1, 0.15) is 6.61 Å². The predicted octanol–water partition coefficient (Wildman–Crippen LogP) is 3.69. The fourth-order valence-corrected chi connectivity index (χ4v) is 2.90. The summed E-state index contributed by atoms with van der Waals surface area (Å²) in [6.45, 7) is 3.83. The molecule has 1 aromatic heterocycles. The Bertz CT molecular complexity index is 639. The van der Waals surface area contributed by atoms with Gasteiger partial charge < -0.3 is 4.74 Å². The van der Waals surface area contributed by atoms with Gasteiger partial charge in [0.2, 0.25) is 0 Å². The molecule has 3 heteroatoms. The second-order valence-electron chi connectivity index (χ2n) is 4.85. The highest BCUT2D eigenvalue weighted by atomic mass is 16.5. The van der Waals surface area contributed by atoms with E-state index < -0.39 is 0 Å². The summed E-state index contributed by atoms with van der Waals surface area (Å²) < 4.78 is 6.96. The first kappa shape index (κ1) is 12.0. The Labute approximate surface area is 112 Å². The summed E-state index contributed by atoms with van der Waals surface area (Å²) in [5.74, 6) is 0. The Morgan fingerprint density at radius 1 is 1.32 bits per heavy atom. The van der Waals surface area contributed by atoms with Crippen molar-refractivity contribution in [1.82, 2.24) is 4.57 Å². The van der Waals surface area contributed by atoms with E-state index in [1.807, 2.05) is 18.2 Å². The van der Waals surface area contributed by atoms with E-state index in [0.29, 0.717) is 0 Å². The highest BCUT2D eigenvalue weighted by molar-refractivity contribution is 5.93. The molecular weight excluding hydrogens is 238 g/mol. The van der Waals surface area contributed by atoms with Crippen LogP contribution in [0.15, 0.2) is 36.9 Å². The van der Waals surface area contributed by atoms with Gasteiger partial charge in [-0.2, -0.15) is 0 Å². The van der Waals surface area contributed by atoms with Gasteiger partial charge >= 0.3 is 6.09 Å². The molecule has 2 aromatic rings. The molecule has 1 aliphatic carbocycles. The van der Waals surface area contributed by atoms with E-state index in [9.17, 15) is 4.79 Å². The van der Waals surface area contributed by atoms with Gasteiger partial charge in [0, 0.05) is 11.1 Å². The van der Waals surface area contributed by atoms with Crippen molar-refractivity contribution in [3.05, 3.63) is 48.2 Å². The Kier molecular flexibility index (Phi) is 3.11. The number of hydrogen-bond donors (Lipinski definition) is 0. The van der Waals surface area contributed by atoms with Crippen LogP contribution in [0.2, 0.25) is 0 Å². The minimum Gasteiger partial charge on any atom is -0.445 e. The number of carbonyl (C=O) groups excluding carboxylic acids is 1. The normalized spacial score (nSPS) is 14.1. The molecule has 0 N–H and O–H groups in total. The predicted molar refractivity (Wildman–Crippen MR) is 75.5 cm³/mol. The summed E-state index contributed by atoms with van der Waals surface area (Å²) >= 11 is 0. The molecule has 0 aliphatic heterocycles. The first-order valence-electron chi connectivity index (χ1n) is 6.72. The Hall–Kier alpha value is -2.03. The zero-order chi connectivity index (χ0) is 13.2. The number of carbonyl (C=O) groups is 1. The molecule has 0 radical (unpaired) electrons. The molecule has 1 heterocycles. The Morgan fingerprint density at radius 2 is 2.11 bits per heavy atom. The van der Waals surface area contributed by atoms with Crippen molar-refractivity contribution in [2.75, 3.05) is 6.61 Å². The number of aromatic nitrogens is 1. The van der Waals surface area contributed by atoms with E-state index in [1.165, 1.54) is 17.4 Å². The molecule has 1 aromatic carbocycles. The maximum atomic E-state index is 12.2. The molecule has 0 spiro atoms. The molecule has 19 heavy (non-hydrogen) atoms. The fraction of sp³-hybridized carbons (Fsp3) is 0.312. The third kappa shape index (κ3) is 1.95. The highest BCUT2D eigenvalue weighted by Gasteiger charge is 2.23. The van der Waals surface area contributed by atoms with Gasteiger partial charge in [-0.25, -0.2) is 9.36 Å². The quantitative estimate of drug-likeness (QED) is 0.766. The van der Waals surface area contributed by atoms with Crippen LogP contribution in [0.1, 0.15) is 24.1 Å². The van der Waals surface area contributed by atoms with E-state index in [4.69, 9.17) is 4.74 Å². The first-order valence-corrected chi connectivity index (χ1v) is 6.72. The number of hydrogen-bond acceptors (Lipinski definition) is 2. The van der Waals surface area contributed by atoms with Gasteiger partial charge in [-0.3, -0.25) is 0 Å². The van der Waals surface area contributed by atoms with Gasteiger partial charge in [-0.05, 0) is 37.3 Å². The monoisotopic (exact) mass is 255 g/mol. The molecule has 0 saturated carbocycles. The van der Waals surface area contributed by atoms with Gasteiger partial charge in [-0.15, -0.1) is 0 Å². The number of nitrogens with zero attached hydrogens (tertiary/aromatic N) is 1. The van der Waals surface area contributed by atoms with Crippen LogP contribution in [0.3, 0.4) is 0 Å². The van der Waals surface area contributed by atoms with Crippen molar-refractivity contribution in [3.63, 3.8) is 0 Å². The van der Waals surface area contributed by atoms with Crippen molar-refractivity contribution in [3.8, 4) is 0 Å². The van der Waals surface area contributed by atoms with E-state index in [1.54, 1.807) is 10.6 Å². The van der Waals surface area contributed by atoms with Gasteiger partial charge in [0.15, 0.2) is 0 Å².